The zero-order valence-electron chi connectivity index (χ0n) is 9.73. The Balaban J connectivity index is 3.13. The van der Waals surface area contributed by atoms with Crippen LogP contribution in [-0.4, -0.2) is 12.6 Å². The van der Waals surface area contributed by atoms with Gasteiger partial charge in [-0.3, -0.25) is 0 Å². The molecule has 0 heterocycles. The van der Waals surface area contributed by atoms with Gasteiger partial charge in [0.15, 0.2) is 0 Å². The highest BCUT2D eigenvalue weighted by Crippen LogP contribution is 2.33. The maximum Gasteiger partial charge on any atom is 0.122 e. The van der Waals surface area contributed by atoms with Crippen molar-refractivity contribution in [3.63, 3.8) is 0 Å². The predicted octanol–water partition coefficient (Wildman–Crippen LogP) is 3.76. The summed E-state index contributed by atoms with van der Waals surface area (Å²) in [5.41, 5.74) is 3.17. The first-order valence-corrected chi connectivity index (χ1v) is 6.09. The molecule has 0 aliphatic carbocycles. The fraction of sp³-hybridized carbons (Fsp3) is 0.500. The number of hydrogen-bond acceptors (Lipinski definition) is 2. The summed E-state index contributed by atoms with van der Waals surface area (Å²) in [6.45, 7) is 6.55. The quantitative estimate of drug-likeness (QED) is 0.668. The molecule has 0 atom stereocenters. The molecule has 0 aliphatic rings. The second-order valence-electron chi connectivity index (χ2n) is 4.48. The lowest BCUT2D eigenvalue weighted by molar-refractivity contribution is 0.397. The summed E-state index contributed by atoms with van der Waals surface area (Å²) in [6.07, 6.45) is 0. The van der Waals surface area contributed by atoms with Crippen molar-refractivity contribution in [2.45, 2.75) is 26.2 Å². The molecule has 0 aliphatic heterocycles. The maximum atomic E-state index is 5.37. The molecule has 0 fully saturated rings. The van der Waals surface area contributed by atoms with E-state index < -0.39 is 0 Å². The molecule has 0 amide bonds. The number of nitrogens with one attached hydrogen (secondary N) is 1. The first kappa shape index (κ1) is 12.4. The summed E-state index contributed by atoms with van der Waals surface area (Å²) in [4.78, 5) is 0. The van der Waals surface area contributed by atoms with Crippen molar-refractivity contribution >= 4 is 21.6 Å². The summed E-state index contributed by atoms with van der Waals surface area (Å²) < 4.78 is 5.37. The Kier molecular flexibility index (Phi) is 4.03. The van der Waals surface area contributed by atoms with E-state index in [9.17, 15) is 0 Å². The largest absolute Gasteiger partial charge is 0.496 e. The fourth-order valence-electron chi connectivity index (χ4n) is 1.48. The highest BCUT2D eigenvalue weighted by atomic mass is 79.9. The molecular weight excluding hydrogens is 254 g/mol. The molecule has 0 radical (unpaired) electrons. The second-order valence-corrected chi connectivity index (χ2v) is 5.04. The van der Waals surface area contributed by atoms with E-state index in [2.05, 4.69) is 48.1 Å². The first-order valence-electron chi connectivity index (χ1n) is 4.97. The molecule has 0 aromatic heterocycles. The number of anilines is 1. The number of benzene rings is 1. The monoisotopic (exact) mass is 271 g/mol. The van der Waals surface area contributed by atoms with Crippen LogP contribution in [-0.2, 0) is 5.41 Å². The number of rotatable bonds is 3. The average molecular weight is 272 g/mol. The van der Waals surface area contributed by atoms with Crippen molar-refractivity contribution in [3.05, 3.63) is 23.8 Å². The number of methoxy groups -OCH3 is 1. The van der Waals surface area contributed by atoms with Crippen LogP contribution in [0, 0.1) is 0 Å². The third-order valence-electron chi connectivity index (χ3n) is 2.28. The molecule has 0 bridgehead atoms. The maximum absolute atomic E-state index is 5.37. The average Bonchev–Trinajstić information content (AvgIpc) is 2.17. The Morgan fingerprint density at radius 2 is 2.00 bits per heavy atom. The number of ether oxygens (including phenoxy) is 1. The van der Waals surface area contributed by atoms with Crippen molar-refractivity contribution in [2.24, 2.45) is 0 Å². The van der Waals surface area contributed by atoms with Gasteiger partial charge in [0.25, 0.3) is 0 Å². The molecule has 0 saturated heterocycles. The molecule has 1 aromatic carbocycles. The topological polar surface area (TPSA) is 21.3 Å². The highest BCUT2D eigenvalue weighted by molar-refractivity contribution is 9.09. The van der Waals surface area contributed by atoms with Gasteiger partial charge in [0.05, 0.1) is 12.6 Å². The fourth-order valence-corrected chi connectivity index (χ4v) is 1.80. The standard InChI is InChI=1S/C12H18BrNO/c1-12(2,3)10-7-9(14-8-13)5-6-11(10)15-4/h5-7,14H,8H2,1-4H3. The van der Waals surface area contributed by atoms with Crippen LogP contribution in [0.15, 0.2) is 18.2 Å². The Morgan fingerprint density at radius 1 is 1.33 bits per heavy atom. The van der Waals surface area contributed by atoms with Crippen LogP contribution in [0.25, 0.3) is 0 Å². The molecule has 84 valence electrons. The van der Waals surface area contributed by atoms with E-state index in [-0.39, 0.29) is 5.41 Å². The lowest BCUT2D eigenvalue weighted by Crippen LogP contribution is -2.13. The predicted molar refractivity (Wildman–Crippen MR) is 69.1 cm³/mol. The summed E-state index contributed by atoms with van der Waals surface area (Å²) in [6, 6.07) is 6.17. The Morgan fingerprint density at radius 3 is 2.47 bits per heavy atom. The molecule has 0 unspecified atom stereocenters. The number of halogens is 1. The van der Waals surface area contributed by atoms with E-state index in [1.807, 2.05) is 12.1 Å². The SMILES string of the molecule is COc1ccc(NCBr)cc1C(C)(C)C. The minimum absolute atomic E-state index is 0.0926. The molecule has 0 saturated carbocycles. The zero-order valence-corrected chi connectivity index (χ0v) is 11.3. The summed E-state index contributed by atoms with van der Waals surface area (Å²) in [7, 11) is 1.71. The molecule has 3 heteroatoms. The molecular formula is C12H18BrNO. The zero-order chi connectivity index (χ0) is 11.5. The van der Waals surface area contributed by atoms with E-state index in [0.29, 0.717) is 0 Å². The van der Waals surface area contributed by atoms with Gasteiger partial charge in [0.1, 0.15) is 5.75 Å². The van der Waals surface area contributed by atoms with Crippen molar-refractivity contribution in [1.29, 1.82) is 0 Å². The second kappa shape index (κ2) is 4.88. The molecule has 2 nitrogen and oxygen atoms in total. The Hall–Kier alpha value is -0.700. The van der Waals surface area contributed by atoms with Gasteiger partial charge in [0.2, 0.25) is 0 Å². The Bertz CT molecular complexity index is 331. The minimum Gasteiger partial charge on any atom is -0.496 e. The van der Waals surface area contributed by atoms with Crippen LogP contribution in [0.1, 0.15) is 26.3 Å². The van der Waals surface area contributed by atoms with Gasteiger partial charge in [-0.25, -0.2) is 0 Å². The van der Waals surface area contributed by atoms with Gasteiger partial charge in [-0.15, -0.1) is 0 Å². The van der Waals surface area contributed by atoms with E-state index in [1.165, 1.54) is 5.56 Å². The van der Waals surface area contributed by atoms with E-state index in [4.69, 9.17) is 4.74 Å². The van der Waals surface area contributed by atoms with E-state index in [0.717, 1.165) is 16.9 Å². The van der Waals surface area contributed by atoms with Crippen LogP contribution in [0.4, 0.5) is 5.69 Å². The number of alkyl halides is 1. The molecule has 1 aromatic rings. The highest BCUT2D eigenvalue weighted by Gasteiger charge is 2.18. The lowest BCUT2D eigenvalue weighted by atomic mass is 9.86. The minimum atomic E-state index is 0.0926. The third-order valence-corrected chi connectivity index (χ3v) is 2.56. The first-order chi connectivity index (χ1) is 6.99. The van der Waals surface area contributed by atoms with Crippen molar-refractivity contribution < 1.29 is 4.74 Å². The van der Waals surface area contributed by atoms with Gasteiger partial charge in [0, 0.05) is 11.3 Å². The Labute approximate surface area is 100 Å². The van der Waals surface area contributed by atoms with Gasteiger partial charge in [-0.05, 0) is 23.6 Å². The molecule has 0 spiro atoms. The normalized spacial score (nSPS) is 11.3. The van der Waals surface area contributed by atoms with E-state index >= 15 is 0 Å². The van der Waals surface area contributed by atoms with Gasteiger partial charge in [-0.2, -0.15) is 0 Å². The van der Waals surface area contributed by atoms with Crippen molar-refractivity contribution in [3.8, 4) is 5.75 Å². The van der Waals surface area contributed by atoms with Gasteiger partial charge in [-0.1, -0.05) is 36.7 Å². The van der Waals surface area contributed by atoms with Crippen LogP contribution >= 0.6 is 15.9 Å². The third kappa shape index (κ3) is 3.13. The van der Waals surface area contributed by atoms with Gasteiger partial charge >= 0.3 is 0 Å². The summed E-state index contributed by atoms with van der Waals surface area (Å²) >= 11 is 3.35. The van der Waals surface area contributed by atoms with Crippen LogP contribution in [0.2, 0.25) is 0 Å². The van der Waals surface area contributed by atoms with Crippen LogP contribution in [0.5, 0.6) is 5.75 Å². The van der Waals surface area contributed by atoms with Crippen LogP contribution in [0.3, 0.4) is 0 Å². The van der Waals surface area contributed by atoms with Crippen molar-refractivity contribution in [2.75, 3.05) is 17.9 Å². The van der Waals surface area contributed by atoms with E-state index in [1.54, 1.807) is 7.11 Å². The smallest absolute Gasteiger partial charge is 0.122 e. The molecule has 1 rings (SSSR count). The number of hydrogen-bond donors (Lipinski definition) is 1. The van der Waals surface area contributed by atoms with Crippen LogP contribution < -0.4 is 10.1 Å². The summed E-state index contributed by atoms with van der Waals surface area (Å²) in [5.74, 6) is 0.947. The van der Waals surface area contributed by atoms with Crippen molar-refractivity contribution in [1.82, 2.24) is 0 Å². The molecule has 15 heavy (non-hydrogen) atoms. The summed E-state index contributed by atoms with van der Waals surface area (Å²) in [5, 5.41) is 3.23. The van der Waals surface area contributed by atoms with Gasteiger partial charge < -0.3 is 10.1 Å². The molecule has 1 N–H and O–H groups in total. The lowest BCUT2D eigenvalue weighted by Gasteiger charge is -2.23.